The lowest BCUT2D eigenvalue weighted by Crippen LogP contribution is -2.30. The Morgan fingerprint density at radius 2 is 0.833 bits per heavy atom. The zero-order valence-corrected chi connectivity index (χ0v) is 35.5. The number of ether oxygens (including phenoxy) is 3. The van der Waals surface area contributed by atoms with Crippen molar-refractivity contribution in [1.82, 2.24) is 0 Å². The van der Waals surface area contributed by atoms with Crippen molar-refractivity contribution in [3.63, 3.8) is 0 Å². The standard InChI is InChI=1S/C49H84O5/c1-4-7-10-13-15-17-19-21-23-25-26-28-30-32-34-37-39-42-48(50)53-46-47(54-49(51)43-40-36-12-9-6-3)45-52-44-41-38-35-33-31-29-27-24-22-20-18-16-14-11-8-5-2/h8,11,16,18,21-24,29,31,35,38,47H,4-7,9-10,12-15,17,19-20,25-28,30,32-34,36-37,39-46H2,1-3H3/b11-8-,18-16-,23-21-,24-22-,31-29-,38-35-. The average molecular weight is 753 g/mol. The zero-order chi connectivity index (χ0) is 39.3. The average Bonchev–Trinajstić information content (AvgIpc) is 3.17. The van der Waals surface area contributed by atoms with Crippen LogP contribution in [0.15, 0.2) is 72.9 Å². The summed E-state index contributed by atoms with van der Waals surface area (Å²) >= 11 is 0. The highest BCUT2D eigenvalue weighted by Crippen LogP contribution is 2.13. The second-order valence-corrected chi connectivity index (χ2v) is 14.6. The van der Waals surface area contributed by atoms with Gasteiger partial charge < -0.3 is 14.2 Å². The van der Waals surface area contributed by atoms with Gasteiger partial charge in [0.2, 0.25) is 0 Å². The van der Waals surface area contributed by atoms with Crippen LogP contribution in [0.1, 0.15) is 201 Å². The number of unbranched alkanes of at least 4 members (excludes halogenated alkanes) is 17. The van der Waals surface area contributed by atoms with E-state index in [0.717, 1.165) is 77.0 Å². The van der Waals surface area contributed by atoms with E-state index in [1.165, 1.54) is 89.9 Å². The molecule has 5 nitrogen and oxygen atoms in total. The molecule has 0 aliphatic carbocycles. The van der Waals surface area contributed by atoms with Crippen molar-refractivity contribution in [1.29, 1.82) is 0 Å². The lowest BCUT2D eigenvalue weighted by atomic mass is 10.1. The minimum Gasteiger partial charge on any atom is -0.462 e. The van der Waals surface area contributed by atoms with Gasteiger partial charge in [0.25, 0.3) is 0 Å². The molecular formula is C49H84O5. The molecule has 5 heteroatoms. The Labute approximate surface area is 334 Å². The van der Waals surface area contributed by atoms with Crippen LogP contribution in [0.4, 0.5) is 0 Å². The number of allylic oxidation sites excluding steroid dienone is 11. The topological polar surface area (TPSA) is 61.8 Å². The molecule has 0 aromatic carbocycles. The Morgan fingerprint density at radius 3 is 1.33 bits per heavy atom. The Kier molecular flexibility index (Phi) is 42.5. The number of carbonyl (C=O) groups is 2. The zero-order valence-electron chi connectivity index (χ0n) is 35.5. The maximum Gasteiger partial charge on any atom is 0.306 e. The van der Waals surface area contributed by atoms with E-state index in [4.69, 9.17) is 14.2 Å². The molecule has 0 rings (SSSR count). The third kappa shape index (κ3) is 42.1. The quantitative estimate of drug-likeness (QED) is 0.0354. The summed E-state index contributed by atoms with van der Waals surface area (Å²) in [5.74, 6) is -0.458. The van der Waals surface area contributed by atoms with E-state index < -0.39 is 6.10 Å². The van der Waals surface area contributed by atoms with Gasteiger partial charge in [-0.3, -0.25) is 9.59 Å². The van der Waals surface area contributed by atoms with Crippen LogP contribution >= 0.6 is 0 Å². The maximum atomic E-state index is 12.5. The van der Waals surface area contributed by atoms with E-state index >= 15 is 0 Å². The molecule has 0 N–H and O–H groups in total. The van der Waals surface area contributed by atoms with Gasteiger partial charge >= 0.3 is 11.9 Å². The van der Waals surface area contributed by atoms with Crippen LogP contribution in [0.3, 0.4) is 0 Å². The molecule has 0 amide bonds. The molecule has 0 fully saturated rings. The third-order valence-corrected chi connectivity index (χ3v) is 9.25. The van der Waals surface area contributed by atoms with Crippen LogP contribution in [0, 0.1) is 0 Å². The third-order valence-electron chi connectivity index (χ3n) is 9.25. The molecule has 0 spiro atoms. The van der Waals surface area contributed by atoms with Crippen LogP contribution in [0.25, 0.3) is 0 Å². The Balaban J connectivity index is 4.18. The van der Waals surface area contributed by atoms with Gasteiger partial charge in [-0.2, -0.15) is 0 Å². The summed E-state index contributed by atoms with van der Waals surface area (Å²) in [5.41, 5.74) is 0. The smallest absolute Gasteiger partial charge is 0.306 e. The largest absolute Gasteiger partial charge is 0.462 e. The van der Waals surface area contributed by atoms with Gasteiger partial charge in [0, 0.05) is 12.8 Å². The maximum absolute atomic E-state index is 12.5. The minimum absolute atomic E-state index is 0.0511. The van der Waals surface area contributed by atoms with Crippen molar-refractivity contribution >= 4 is 11.9 Å². The molecule has 0 bridgehead atoms. The van der Waals surface area contributed by atoms with Crippen LogP contribution in [0.2, 0.25) is 0 Å². The normalized spacial score (nSPS) is 12.9. The molecule has 0 saturated heterocycles. The van der Waals surface area contributed by atoms with Crippen molar-refractivity contribution in [2.24, 2.45) is 0 Å². The SMILES string of the molecule is CC/C=C\C/C=C\C/C=C\C/C=C\C/C=C\CCOCC(COC(=O)CCCCCCCCC/C=C\CCCCCCCC)OC(=O)CCCCCCC. The first kappa shape index (κ1) is 51.3. The highest BCUT2D eigenvalue weighted by atomic mass is 16.6. The first-order chi connectivity index (χ1) is 26.6. The number of esters is 2. The molecular weight excluding hydrogens is 669 g/mol. The Bertz CT molecular complexity index is 988. The summed E-state index contributed by atoms with van der Waals surface area (Å²) < 4.78 is 17.1. The molecule has 0 aliphatic rings. The summed E-state index contributed by atoms with van der Waals surface area (Å²) in [6.45, 7) is 7.41. The van der Waals surface area contributed by atoms with Crippen molar-refractivity contribution in [3.05, 3.63) is 72.9 Å². The molecule has 54 heavy (non-hydrogen) atoms. The molecule has 0 aromatic rings. The second kappa shape index (κ2) is 44.7. The fraction of sp³-hybridized carbons (Fsp3) is 0.714. The van der Waals surface area contributed by atoms with Gasteiger partial charge in [0.15, 0.2) is 6.10 Å². The summed E-state index contributed by atoms with van der Waals surface area (Å²) in [6.07, 6.45) is 56.6. The van der Waals surface area contributed by atoms with Gasteiger partial charge in [-0.1, -0.05) is 184 Å². The first-order valence-corrected chi connectivity index (χ1v) is 22.5. The molecule has 0 aliphatic heterocycles. The summed E-state index contributed by atoms with van der Waals surface area (Å²) in [4.78, 5) is 25.0. The van der Waals surface area contributed by atoms with Gasteiger partial charge in [-0.05, 0) is 77.0 Å². The number of carbonyl (C=O) groups excluding carboxylic acids is 2. The van der Waals surface area contributed by atoms with E-state index in [0.29, 0.717) is 19.4 Å². The Morgan fingerprint density at radius 1 is 0.426 bits per heavy atom. The Hall–Kier alpha value is -2.66. The fourth-order valence-electron chi connectivity index (χ4n) is 5.92. The van der Waals surface area contributed by atoms with Gasteiger partial charge in [0.1, 0.15) is 6.61 Å². The number of rotatable bonds is 40. The van der Waals surface area contributed by atoms with E-state index in [-0.39, 0.29) is 25.2 Å². The van der Waals surface area contributed by atoms with Crippen molar-refractivity contribution in [3.8, 4) is 0 Å². The van der Waals surface area contributed by atoms with Crippen LogP contribution < -0.4 is 0 Å². The predicted molar refractivity (Wildman–Crippen MR) is 233 cm³/mol. The van der Waals surface area contributed by atoms with E-state index in [1.807, 2.05) is 0 Å². The predicted octanol–water partition coefficient (Wildman–Crippen LogP) is 14.8. The number of hydrogen-bond acceptors (Lipinski definition) is 5. The monoisotopic (exact) mass is 753 g/mol. The first-order valence-electron chi connectivity index (χ1n) is 22.5. The molecule has 1 atom stereocenters. The van der Waals surface area contributed by atoms with Crippen molar-refractivity contribution < 1.29 is 23.8 Å². The molecule has 0 saturated carbocycles. The van der Waals surface area contributed by atoms with Crippen LogP contribution in [-0.4, -0.2) is 37.9 Å². The van der Waals surface area contributed by atoms with E-state index in [1.54, 1.807) is 0 Å². The second-order valence-electron chi connectivity index (χ2n) is 14.6. The van der Waals surface area contributed by atoms with E-state index in [9.17, 15) is 9.59 Å². The summed E-state index contributed by atoms with van der Waals surface area (Å²) in [5, 5.41) is 0. The minimum atomic E-state index is -0.573. The fourth-order valence-corrected chi connectivity index (χ4v) is 5.92. The molecule has 0 heterocycles. The highest BCUT2D eigenvalue weighted by Gasteiger charge is 2.17. The molecule has 0 aromatic heterocycles. The molecule has 0 radical (unpaired) electrons. The van der Waals surface area contributed by atoms with Gasteiger partial charge in [0.05, 0.1) is 13.2 Å². The molecule has 1 unspecified atom stereocenters. The van der Waals surface area contributed by atoms with E-state index in [2.05, 4.69) is 93.7 Å². The lowest BCUT2D eigenvalue weighted by molar-refractivity contribution is -0.162. The summed E-state index contributed by atoms with van der Waals surface area (Å²) in [7, 11) is 0. The van der Waals surface area contributed by atoms with Crippen molar-refractivity contribution in [2.45, 2.75) is 207 Å². The van der Waals surface area contributed by atoms with Crippen molar-refractivity contribution in [2.75, 3.05) is 19.8 Å². The highest BCUT2D eigenvalue weighted by molar-refractivity contribution is 5.70. The lowest BCUT2D eigenvalue weighted by Gasteiger charge is -2.18. The summed E-state index contributed by atoms with van der Waals surface area (Å²) in [6, 6.07) is 0. The van der Waals surface area contributed by atoms with Gasteiger partial charge in [-0.25, -0.2) is 0 Å². The molecule has 310 valence electrons. The van der Waals surface area contributed by atoms with Gasteiger partial charge in [-0.15, -0.1) is 0 Å². The number of hydrogen-bond donors (Lipinski definition) is 0. The van der Waals surface area contributed by atoms with Crippen LogP contribution in [-0.2, 0) is 23.8 Å². The van der Waals surface area contributed by atoms with Crippen LogP contribution in [0.5, 0.6) is 0 Å².